The fourth-order valence-corrected chi connectivity index (χ4v) is 2.07. The lowest BCUT2D eigenvalue weighted by Gasteiger charge is -2.18. The number of ether oxygens (including phenoxy) is 1. The first-order chi connectivity index (χ1) is 11.7. The number of carboxylic acids is 1. The Morgan fingerprint density at radius 1 is 1.20 bits per heavy atom. The number of rotatable bonds is 10. The van der Waals surface area contributed by atoms with Crippen LogP contribution in [0.5, 0.6) is 0 Å². The average Bonchev–Trinajstić information content (AvgIpc) is 2.54. The summed E-state index contributed by atoms with van der Waals surface area (Å²) in [5.74, 6) is -2.40. The highest BCUT2D eigenvalue weighted by molar-refractivity contribution is 8.13. The Balaban J connectivity index is 4.66. The number of nitrogens with one attached hydrogen (secondary N) is 3. The number of urea groups is 1. The summed E-state index contributed by atoms with van der Waals surface area (Å²) < 4.78 is 4.71. The summed E-state index contributed by atoms with van der Waals surface area (Å²) in [6.45, 7) is 2.47. The minimum atomic E-state index is -1.30. The zero-order chi connectivity index (χ0) is 19.4. The summed E-state index contributed by atoms with van der Waals surface area (Å²) >= 11 is 0.675. The van der Waals surface area contributed by atoms with Crippen LogP contribution in [0.1, 0.15) is 13.8 Å². The first-order valence-electron chi connectivity index (χ1n) is 7.26. The smallest absolute Gasteiger partial charge is 0.367 e. The maximum Gasteiger partial charge on any atom is 0.367 e. The molecule has 0 aliphatic carbocycles. The van der Waals surface area contributed by atoms with E-state index in [1.54, 1.807) is 6.92 Å². The molecule has 0 spiro atoms. The number of carboxylic acid groups (broad SMARTS) is 1. The van der Waals surface area contributed by atoms with Crippen LogP contribution in [-0.2, 0) is 19.1 Å². The molecule has 0 unspecified atom stereocenters. The number of aliphatic carboxylic acids is 1. The van der Waals surface area contributed by atoms with Gasteiger partial charge >= 0.3 is 17.3 Å². The van der Waals surface area contributed by atoms with E-state index in [1.807, 2.05) is 0 Å². The van der Waals surface area contributed by atoms with Crippen LogP contribution in [0.3, 0.4) is 0 Å². The Morgan fingerprint density at radius 2 is 1.84 bits per heavy atom. The fourth-order valence-electron chi connectivity index (χ4n) is 1.33. The van der Waals surface area contributed by atoms with Gasteiger partial charge in [-0.3, -0.25) is 14.4 Å². The largest absolute Gasteiger partial charge is 0.480 e. The number of thioether (sulfide) groups is 1. The lowest BCUT2D eigenvalue weighted by atomic mass is 10.3. The van der Waals surface area contributed by atoms with Crippen LogP contribution in [0, 0.1) is 0 Å². The number of carbonyl (C=O) groups excluding carboxylic acids is 4. The van der Waals surface area contributed by atoms with Crippen molar-refractivity contribution in [2.45, 2.75) is 25.9 Å². The molecule has 0 aliphatic heterocycles. The molecule has 11 nitrogen and oxygen atoms in total. The molecule has 6 N–H and O–H groups in total. The van der Waals surface area contributed by atoms with E-state index in [0.717, 1.165) is 0 Å². The highest BCUT2D eigenvalue weighted by atomic mass is 32.2. The third-order valence-corrected chi connectivity index (χ3v) is 3.42. The van der Waals surface area contributed by atoms with Crippen molar-refractivity contribution in [1.29, 1.82) is 0 Å². The molecule has 2 atom stereocenters. The van der Waals surface area contributed by atoms with Gasteiger partial charge in [-0.1, -0.05) is 0 Å². The predicted molar refractivity (Wildman–Crippen MR) is 89.1 cm³/mol. The van der Waals surface area contributed by atoms with E-state index >= 15 is 0 Å². The number of nitrogens with two attached hydrogens (primary N) is 1. The van der Waals surface area contributed by atoms with E-state index in [9.17, 15) is 24.0 Å². The van der Waals surface area contributed by atoms with Crippen LogP contribution in [0.2, 0.25) is 0 Å². The molecule has 0 aromatic heterocycles. The number of amides is 3. The number of ketones is 1. The highest BCUT2D eigenvalue weighted by Crippen LogP contribution is 2.07. The van der Waals surface area contributed by atoms with Gasteiger partial charge in [0.25, 0.3) is 0 Å². The summed E-state index contributed by atoms with van der Waals surface area (Å²) in [5.41, 5.74) is 5.24. The van der Waals surface area contributed by atoms with E-state index in [1.165, 1.54) is 6.92 Å². The molecule has 0 rings (SSSR count). The van der Waals surface area contributed by atoms with Gasteiger partial charge in [0.2, 0.25) is 5.91 Å². The van der Waals surface area contributed by atoms with Crippen LogP contribution in [0.15, 0.2) is 0 Å². The zero-order valence-corrected chi connectivity index (χ0v) is 14.7. The Labute approximate surface area is 148 Å². The highest BCUT2D eigenvalue weighted by Gasteiger charge is 2.23. The number of carbonyl (C=O) groups is 5. The first-order valence-corrected chi connectivity index (χ1v) is 8.25. The first kappa shape index (κ1) is 22.7. The molecule has 0 heterocycles. The van der Waals surface area contributed by atoms with Crippen LogP contribution in [0.25, 0.3) is 0 Å². The standard InChI is InChI=1S/C13H22N4O7S/c1-3-24-13(23)25-6-9(10(19)15-4-7(2)18)17-12(22)16-5-8(14)11(20)21/h8-9H,3-6,14H2,1-2H3,(H,15,19)(H,20,21)(H2,16,17,22)/t8-,9-/m0/s1. The van der Waals surface area contributed by atoms with Gasteiger partial charge in [-0.25, -0.2) is 9.59 Å². The topological polar surface area (TPSA) is 177 Å². The van der Waals surface area contributed by atoms with Gasteiger partial charge in [0.05, 0.1) is 13.2 Å². The van der Waals surface area contributed by atoms with Gasteiger partial charge < -0.3 is 31.5 Å². The quantitative estimate of drug-likeness (QED) is 0.288. The summed E-state index contributed by atoms with van der Waals surface area (Å²) in [7, 11) is 0. The molecular formula is C13H22N4O7S. The lowest BCUT2D eigenvalue weighted by Crippen LogP contribution is -2.54. The molecule has 142 valence electrons. The molecule has 0 bridgehead atoms. The van der Waals surface area contributed by atoms with Crippen LogP contribution >= 0.6 is 11.8 Å². The second-order valence-electron chi connectivity index (χ2n) is 4.77. The van der Waals surface area contributed by atoms with Crippen molar-refractivity contribution >= 4 is 40.8 Å². The number of hydrogen-bond acceptors (Lipinski definition) is 8. The molecule has 12 heteroatoms. The summed E-state index contributed by atoms with van der Waals surface area (Å²) in [6.07, 6.45) is 0. The van der Waals surface area contributed by atoms with Crippen molar-refractivity contribution in [2.24, 2.45) is 5.73 Å². The van der Waals surface area contributed by atoms with E-state index in [0.29, 0.717) is 11.8 Å². The molecule has 0 radical (unpaired) electrons. The molecule has 3 amide bonds. The van der Waals surface area contributed by atoms with Crippen molar-refractivity contribution in [3.05, 3.63) is 0 Å². The van der Waals surface area contributed by atoms with E-state index in [-0.39, 0.29) is 31.2 Å². The molecule has 25 heavy (non-hydrogen) atoms. The molecule has 0 aliphatic rings. The Morgan fingerprint density at radius 3 is 2.36 bits per heavy atom. The molecule has 0 aromatic carbocycles. The lowest BCUT2D eigenvalue weighted by molar-refractivity contribution is -0.138. The van der Waals surface area contributed by atoms with Crippen molar-refractivity contribution in [3.8, 4) is 0 Å². The van der Waals surface area contributed by atoms with Crippen LogP contribution in [-0.4, -0.2) is 71.6 Å². The maximum atomic E-state index is 12.0. The Kier molecular flexibility index (Phi) is 11.0. The summed E-state index contributed by atoms with van der Waals surface area (Å²) in [5, 5.41) is 14.8. The van der Waals surface area contributed by atoms with Gasteiger partial charge in [-0.05, 0) is 25.6 Å². The predicted octanol–water partition coefficient (Wildman–Crippen LogP) is -1.34. The normalized spacial score (nSPS) is 12.4. The van der Waals surface area contributed by atoms with Crippen LogP contribution in [0.4, 0.5) is 9.59 Å². The zero-order valence-electron chi connectivity index (χ0n) is 13.9. The van der Waals surface area contributed by atoms with E-state index < -0.39 is 35.3 Å². The SMILES string of the molecule is CCOC(=O)SC[C@H](NC(=O)NC[C@H](N)C(=O)O)C(=O)NCC(C)=O. The van der Waals surface area contributed by atoms with Gasteiger partial charge in [-0.15, -0.1) is 0 Å². The Hall–Kier alpha value is -2.34. The minimum absolute atomic E-state index is 0.138. The molecule has 0 aromatic rings. The second-order valence-corrected chi connectivity index (χ2v) is 5.72. The van der Waals surface area contributed by atoms with Gasteiger partial charge in [0.1, 0.15) is 17.9 Å². The minimum Gasteiger partial charge on any atom is -0.480 e. The van der Waals surface area contributed by atoms with E-state index in [4.69, 9.17) is 15.6 Å². The summed E-state index contributed by atoms with van der Waals surface area (Å²) in [6, 6.07) is -3.29. The van der Waals surface area contributed by atoms with Crippen molar-refractivity contribution in [3.63, 3.8) is 0 Å². The molecule has 0 saturated carbocycles. The van der Waals surface area contributed by atoms with Gasteiger partial charge in [0.15, 0.2) is 0 Å². The van der Waals surface area contributed by atoms with Crippen molar-refractivity contribution in [1.82, 2.24) is 16.0 Å². The molecule has 0 fully saturated rings. The summed E-state index contributed by atoms with van der Waals surface area (Å²) in [4.78, 5) is 56.6. The number of Topliss-reactive ketones (excluding diaryl/α,β-unsaturated/α-hetero) is 1. The maximum absolute atomic E-state index is 12.0. The van der Waals surface area contributed by atoms with Crippen molar-refractivity contribution < 1.29 is 33.8 Å². The monoisotopic (exact) mass is 378 g/mol. The fraction of sp³-hybridized carbons (Fsp3) is 0.615. The van der Waals surface area contributed by atoms with Crippen molar-refractivity contribution in [2.75, 3.05) is 25.4 Å². The van der Waals surface area contributed by atoms with Crippen LogP contribution < -0.4 is 21.7 Å². The third-order valence-electron chi connectivity index (χ3n) is 2.56. The van der Waals surface area contributed by atoms with E-state index in [2.05, 4.69) is 16.0 Å². The third kappa shape index (κ3) is 10.9. The second kappa shape index (κ2) is 12.1. The Bertz CT molecular complexity index is 515. The van der Waals surface area contributed by atoms with Gasteiger partial charge in [0, 0.05) is 12.3 Å². The average molecular weight is 378 g/mol. The van der Waals surface area contributed by atoms with Gasteiger partial charge in [-0.2, -0.15) is 0 Å². The number of hydrogen-bond donors (Lipinski definition) is 5. The molecule has 0 saturated heterocycles. The molecular weight excluding hydrogens is 356 g/mol.